The van der Waals surface area contributed by atoms with Crippen LogP contribution in [0.4, 0.5) is 0 Å². The van der Waals surface area contributed by atoms with E-state index in [-0.39, 0.29) is 12.5 Å². The van der Waals surface area contributed by atoms with Crippen LogP contribution >= 0.6 is 0 Å². The first kappa shape index (κ1) is 13.7. The minimum absolute atomic E-state index is 0.104. The van der Waals surface area contributed by atoms with Crippen molar-refractivity contribution < 1.29 is 19.3 Å². The monoisotopic (exact) mass is 309 g/mol. The second kappa shape index (κ2) is 5.35. The van der Waals surface area contributed by atoms with Crippen molar-refractivity contribution in [3.63, 3.8) is 0 Å². The molecule has 0 saturated heterocycles. The van der Waals surface area contributed by atoms with Crippen LogP contribution in [0.1, 0.15) is 11.3 Å². The molecule has 2 aromatic carbocycles. The van der Waals surface area contributed by atoms with Crippen LogP contribution in [0.2, 0.25) is 0 Å². The summed E-state index contributed by atoms with van der Waals surface area (Å²) in [4.78, 5) is 4.48. The number of ether oxygens (including phenoxy) is 3. The Balaban J connectivity index is 1.81. The van der Waals surface area contributed by atoms with Crippen LogP contribution < -0.4 is 14.2 Å². The molecule has 0 saturated carbocycles. The van der Waals surface area contributed by atoms with Gasteiger partial charge in [-0.05, 0) is 29.7 Å². The van der Waals surface area contributed by atoms with Gasteiger partial charge in [0, 0.05) is 23.6 Å². The lowest BCUT2D eigenvalue weighted by Gasteiger charge is -2.10. The van der Waals surface area contributed by atoms with Gasteiger partial charge in [0.15, 0.2) is 23.0 Å². The van der Waals surface area contributed by atoms with Gasteiger partial charge in [0.2, 0.25) is 6.79 Å². The molecule has 1 aliphatic rings. The lowest BCUT2D eigenvalue weighted by Crippen LogP contribution is -1.97. The highest BCUT2D eigenvalue weighted by Gasteiger charge is 2.18. The van der Waals surface area contributed by atoms with Crippen LogP contribution in [0.15, 0.2) is 42.6 Å². The molecule has 0 bridgehead atoms. The Bertz CT molecular complexity index is 892. The fraction of sp³-hybridized carbons (Fsp3) is 0.167. The summed E-state index contributed by atoms with van der Waals surface area (Å²) in [6.45, 7) is 0.243. The van der Waals surface area contributed by atoms with Crippen molar-refractivity contribution >= 4 is 10.8 Å². The molecule has 0 atom stereocenters. The highest BCUT2D eigenvalue weighted by atomic mass is 16.7. The molecule has 1 aromatic heterocycles. The molecule has 0 amide bonds. The fourth-order valence-electron chi connectivity index (χ4n) is 2.86. The third-order valence-electron chi connectivity index (χ3n) is 3.98. The van der Waals surface area contributed by atoms with E-state index in [1.54, 1.807) is 12.3 Å². The van der Waals surface area contributed by atoms with Crippen molar-refractivity contribution in [1.82, 2.24) is 4.98 Å². The summed E-state index contributed by atoms with van der Waals surface area (Å²) in [5.41, 5.74) is 1.87. The highest BCUT2D eigenvalue weighted by Crippen LogP contribution is 2.38. The number of phenolic OH excluding ortho intramolecular Hbond substituents is 1. The van der Waals surface area contributed by atoms with Gasteiger partial charge in [-0.2, -0.15) is 0 Å². The lowest BCUT2D eigenvalue weighted by molar-refractivity contribution is 0.173. The van der Waals surface area contributed by atoms with Gasteiger partial charge >= 0.3 is 0 Å². The molecule has 4 rings (SSSR count). The molecule has 0 aliphatic carbocycles. The number of nitrogens with zero attached hydrogens (tertiary/aromatic N) is 1. The highest BCUT2D eigenvalue weighted by molar-refractivity contribution is 5.88. The number of pyridine rings is 1. The van der Waals surface area contributed by atoms with E-state index in [1.165, 1.54) is 7.11 Å². The summed E-state index contributed by atoms with van der Waals surface area (Å²) >= 11 is 0. The van der Waals surface area contributed by atoms with Crippen LogP contribution in [0.3, 0.4) is 0 Å². The number of rotatable bonds is 3. The molecule has 2 heterocycles. The smallest absolute Gasteiger partial charge is 0.231 e. The van der Waals surface area contributed by atoms with E-state index in [2.05, 4.69) is 4.98 Å². The Hall–Kier alpha value is -2.95. The summed E-state index contributed by atoms with van der Waals surface area (Å²) in [5.74, 6) is 2.08. The summed E-state index contributed by atoms with van der Waals surface area (Å²) in [6.07, 6.45) is 2.35. The van der Waals surface area contributed by atoms with Crippen LogP contribution in [0.25, 0.3) is 10.8 Å². The summed E-state index contributed by atoms with van der Waals surface area (Å²) < 4.78 is 16.1. The number of phenols is 1. The molecular formula is C18H15NO4. The average Bonchev–Trinajstić information content (AvgIpc) is 3.04. The first-order valence-corrected chi connectivity index (χ1v) is 7.28. The number of aromatic nitrogens is 1. The van der Waals surface area contributed by atoms with E-state index in [0.29, 0.717) is 12.2 Å². The molecular weight excluding hydrogens is 294 g/mol. The SMILES string of the molecule is COc1cc2ccnc(Cc3cccc4c3OCO4)c2cc1O. The molecule has 23 heavy (non-hydrogen) atoms. The summed E-state index contributed by atoms with van der Waals surface area (Å²) in [7, 11) is 1.54. The molecule has 5 heteroatoms. The zero-order chi connectivity index (χ0) is 15.8. The average molecular weight is 309 g/mol. The van der Waals surface area contributed by atoms with E-state index in [4.69, 9.17) is 14.2 Å². The van der Waals surface area contributed by atoms with Crippen molar-refractivity contribution in [3.8, 4) is 23.0 Å². The molecule has 1 N–H and O–H groups in total. The topological polar surface area (TPSA) is 60.8 Å². The number of aromatic hydroxyl groups is 1. The van der Waals surface area contributed by atoms with Gasteiger partial charge in [-0.25, -0.2) is 0 Å². The number of fused-ring (bicyclic) bond motifs is 2. The molecule has 5 nitrogen and oxygen atoms in total. The predicted octanol–water partition coefficient (Wildman–Crippen LogP) is 3.27. The first-order chi connectivity index (χ1) is 11.3. The molecule has 3 aromatic rings. The van der Waals surface area contributed by atoms with E-state index in [9.17, 15) is 5.11 Å². The lowest BCUT2D eigenvalue weighted by atomic mass is 10.0. The number of benzene rings is 2. The van der Waals surface area contributed by atoms with Gasteiger partial charge in [-0.3, -0.25) is 4.98 Å². The largest absolute Gasteiger partial charge is 0.504 e. The maximum atomic E-state index is 10.1. The van der Waals surface area contributed by atoms with Gasteiger partial charge < -0.3 is 19.3 Å². The standard InChI is InChI=1S/C18H15NO4/c1-21-17-8-11-5-6-19-14(13(11)9-15(17)20)7-12-3-2-4-16-18(12)23-10-22-16/h2-6,8-9,20H,7,10H2,1H3. The van der Waals surface area contributed by atoms with Gasteiger partial charge in [0.1, 0.15) is 0 Å². The molecule has 0 unspecified atom stereocenters. The Morgan fingerprint density at radius 2 is 2.13 bits per heavy atom. The quantitative estimate of drug-likeness (QED) is 0.804. The van der Waals surface area contributed by atoms with Crippen molar-refractivity contribution in [2.75, 3.05) is 13.9 Å². The molecule has 1 aliphatic heterocycles. The van der Waals surface area contributed by atoms with E-state index in [0.717, 1.165) is 33.5 Å². The summed E-state index contributed by atoms with van der Waals surface area (Å²) in [6, 6.07) is 11.2. The minimum atomic E-state index is 0.104. The van der Waals surface area contributed by atoms with Gasteiger partial charge in [0.25, 0.3) is 0 Å². The van der Waals surface area contributed by atoms with Crippen molar-refractivity contribution in [3.05, 3.63) is 53.9 Å². The van der Waals surface area contributed by atoms with Crippen molar-refractivity contribution in [1.29, 1.82) is 0 Å². The molecule has 0 radical (unpaired) electrons. The second-order valence-corrected chi connectivity index (χ2v) is 5.33. The van der Waals surface area contributed by atoms with Crippen molar-refractivity contribution in [2.45, 2.75) is 6.42 Å². The van der Waals surface area contributed by atoms with Gasteiger partial charge in [-0.15, -0.1) is 0 Å². The van der Waals surface area contributed by atoms with E-state index >= 15 is 0 Å². The van der Waals surface area contributed by atoms with Crippen LogP contribution in [0.5, 0.6) is 23.0 Å². The zero-order valence-corrected chi connectivity index (χ0v) is 12.6. The van der Waals surface area contributed by atoms with Gasteiger partial charge in [0.05, 0.1) is 12.8 Å². The normalized spacial score (nSPS) is 12.6. The third-order valence-corrected chi connectivity index (χ3v) is 3.98. The fourth-order valence-corrected chi connectivity index (χ4v) is 2.86. The third kappa shape index (κ3) is 2.30. The summed E-state index contributed by atoms with van der Waals surface area (Å²) in [5, 5.41) is 11.9. The Morgan fingerprint density at radius 3 is 3.00 bits per heavy atom. The van der Waals surface area contributed by atoms with E-state index in [1.807, 2.05) is 30.3 Å². The number of hydrogen-bond donors (Lipinski definition) is 1. The predicted molar refractivity (Wildman–Crippen MR) is 85.3 cm³/mol. The van der Waals surface area contributed by atoms with E-state index < -0.39 is 0 Å². The maximum absolute atomic E-state index is 10.1. The Labute approximate surface area is 133 Å². The van der Waals surface area contributed by atoms with Crippen LogP contribution in [-0.2, 0) is 6.42 Å². The number of methoxy groups -OCH3 is 1. The number of para-hydroxylation sites is 1. The van der Waals surface area contributed by atoms with Crippen molar-refractivity contribution in [2.24, 2.45) is 0 Å². The van der Waals surface area contributed by atoms with Crippen LogP contribution in [0, 0.1) is 0 Å². The first-order valence-electron chi connectivity index (χ1n) is 7.28. The van der Waals surface area contributed by atoms with Gasteiger partial charge in [-0.1, -0.05) is 12.1 Å². The Kier molecular flexibility index (Phi) is 3.19. The van der Waals surface area contributed by atoms with Crippen LogP contribution in [-0.4, -0.2) is 24.0 Å². The number of hydrogen-bond acceptors (Lipinski definition) is 5. The molecule has 0 fully saturated rings. The molecule has 116 valence electrons. The molecule has 0 spiro atoms. The zero-order valence-electron chi connectivity index (χ0n) is 12.6. The maximum Gasteiger partial charge on any atom is 0.231 e. The minimum Gasteiger partial charge on any atom is -0.504 e. The second-order valence-electron chi connectivity index (χ2n) is 5.33. The Morgan fingerprint density at radius 1 is 1.22 bits per heavy atom.